The average molecular weight is 433 g/mol. The Morgan fingerprint density at radius 2 is 1.90 bits per heavy atom. The minimum Gasteiger partial charge on any atom is -0.476 e. The molecule has 0 atom stereocenters. The maximum atomic E-state index is 12.7. The fourth-order valence-electron chi connectivity index (χ4n) is 3.48. The highest BCUT2D eigenvalue weighted by molar-refractivity contribution is 7.89. The third-order valence-electron chi connectivity index (χ3n) is 5.39. The van der Waals surface area contributed by atoms with Crippen molar-refractivity contribution in [1.82, 2.24) is 28.5 Å². The van der Waals surface area contributed by atoms with E-state index in [2.05, 4.69) is 35.8 Å². The van der Waals surface area contributed by atoms with Crippen molar-refractivity contribution in [3.8, 4) is 5.88 Å². The van der Waals surface area contributed by atoms with Crippen LogP contribution >= 0.6 is 0 Å². The Kier molecular flexibility index (Phi) is 5.31. The molecule has 30 heavy (non-hydrogen) atoms. The standard InChI is InChI=1S/C20H28N6O3S/c1-20(2,3)16-11-26-17(22-16)5-6-18(23-26)29-13-15-7-9-25(10-8-15)30(27,28)19-12-24(4)14-21-19/h5-6,11-12,14-15H,7-10,13H2,1-4H3. The number of piperidine rings is 1. The zero-order valence-electron chi connectivity index (χ0n) is 17.8. The molecule has 4 heterocycles. The Balaban J connectivity index is 1.34. The summed E-state index contributed by atoms with van der Waals surface area (Å²) in [7, 11) is -1.77. The predicted octanol–water partition coefficient (Wildman–Crippen LogP) is 2.24. The van der Waals surface area contributed by atoms with Gasteiger partial charge < -0.3 is 9.30 Å². The molecule has 0 amide bonds. The fourth-order valence-corrected chi connectivity index (χ4v) is 4.91. The van der Waals surface area contributed by atoms with E-state index in [1.54, 1.807) is 16.1 Å². The molecule has 0 aliphatic carbocycles. The zero-order valence-corrected chi connectivity index (χ0v) is 18.6. The molecule has 0 aromatic carbocycles. The highest BCUT2D eigenvalue weighted by Crippen LogP contribution is 2.25. The van der Waals surface area contributed by atoms with Crippen LogP contribution in [0.2, 0.25) is 0 Å². The van der Waals surface area contributed by atoms with Crippen LogP contribution in [0.1, 0.15) is 39.3 Å². The maximum Gasteiger partial charge on any atom is 0.262 e. The van der Waals surface area contributed by atoms with Crippen LogP contribution in [0, 0.1) is 5.92 Å². The van der Waals surface area contributed by atoms with Crippen LogP contribution in [0.3, 0.4) is 0 Å². The number of aromatic nitrogens is 5. The number of imidazole rings is 2. The molecule has 0 radical (unpaired) electrons. The molecule has 0 spiro atoms. The molecule has 0 bridgehead atoms. The fraction of sp³-hybridized carbons (Fsp3) is 0.550. The normalized spacial score (nSPS) is 16.9. The molecule has 3 aromatic heterocycles. The van der Waals surface area contributed by atoms with Gasteiger partial charge in [-0.1, -0.05) is 20.8 Å². The number of rotatable bonds is 5. The van der Waals surface area contributed by atoms with Gasteiger partial charge in [-0.25, -0.2) is 22.9 Å². The zero-order chi connectivity index (χ0) is 21.5. The molecule has 162 valence electrons. The summed E-state index contributed by atoms with van der Waals surface area (Å²) in [4.78, 5) is 8.60. The topological polar surface area (TPSA) is 94.6 Å². The lowest BCUT2D eigenvalue weighted by molar-refractivity contribution is 0.179. The first kappa shape index (κ1) is 20.8. The van der Waals surface area contributed by atoms with Gasteiger partial charge in [-0.05, 0) is 24.8 Å². The highest BCUT2D eigenvalue weighted by Gasteiger charge is 2.31. The van der Waals surface area contributed by atoms with Gasteiger partial charge in [0.25, 0.3) is 10.0 Å². The number of fused-ring (bicyclic) bond motifs is 1. The molecule has 10 heteroatoms. The molecule has 9 nitrogen and oxygen atoms in total. The lowest BCUT2D eigenvalue weighted by atomic mass is 9.93. The van der Waals surface area contributed by atoms with Crippen LogP contribution in [-0.4, -0.2) is 56.6 Å². The smallest absolute Gasteiger partial charge is 0.262 e. The van der Waals surface area contributed by atoms with Crippen LogP contribution in [0.15, 0.2) is 35.9 Å². The van der Waals surface area contributed by atoms with Gasteiger partial charge in [-0.15, -0.1) is 5.10 Å². The Morgan fingerprint density at radius 3 is 2.53 bits per heavy atom. The van der Waals surface area contributed by atoms with E-state index in [0.29, 0.717) is 25.6 Å². The first-order chi connectivity index (χ1) is 14.1. The second kappa shape index (κ2) is 7.66. The van der Waals surface area contributed by atoms with Crippen molar-refractivity contribution in [3.63, 3.8) is 0 Å². The van der Waals surface area contributed by atoms with Gasteiger partial charge in [0.05, 0.1) is 24.8 Å². The molecular weight excluding hydrogens is 404 g/mol. The van der Waals surface area contributed by atoms with Crippen LogP contribution in [0.4, 0.5) is 0 Å². The second-order valence-corrected chi connectivity index (χ2v) is 10.8. The number of sulfonamides is 1. The highest BCUT2D eigenvalue weighted by atomic mass is 32.2. The summed E-state index contributed by atoms with van der Waals surface area (Å²) in [5.41, 5.74) is 1.73. The van der Waals surface area contributed by atoms with E-state index in [1.165, 1.54) is 16.8 Å². The number of nitrogens with zero attached hydrogens (tertiary/aromatic N) is 6. The van der Waals surface area contributed by atoms with Crippen molar-refractivity contribution in [3.05, 3.63) is 36.5 Å². The summed E-state index contributed by atoms with van der Waals surface area (Å²) >= 11 is 0. The van der Waals surface area contributed by atoms with Gasteiger partial charge in [-0.3, -0.25) is 0 Å². The van der Waals surface area contributed by atoms with Crippen LogP contribution in [-0.2, 0) is 22.5 Å². The maximum absolute atomic E-state index is 12.7. The summed E-state index contributed by atoms with van der Waals surface area (Å²) in [6.07, 6.45) is 6.46. The van der Waals surface area contributed by atoms with E-state index < -0.39 is 10.0 Å². The van der Waals surface area contributed by atoms with E-state index in [-0.39, 0.29) is 16.4 Å². The first-order valence-corrected chi connectivity index (χ1v) is 11.5. The van der Waals surface area contributed by atoms with Crippen LogP contribution in [0.25, 0.3) is 5.65 Å². The van der Waals surface area contributed by atoms with Crippen molar-refractivity contribution in [2.75, 3.05) is 19.7 Å². The molecule has 3 aromatic rings. The first-order valence-electron chi connectivity index (χ1n) is 10.1. The van der Waals surface area contributed by atoms with E-state index in [1.807, 2.05) is 18.3 Å². The monoisotopic (exact) mass is 432 g/mol. The largest absolute Gasteiger partial charge is 0.476 e. The summed E-state index contributed by atoms with van der Waals surface area (Å²) in [6.45, 7) is 7.80. The Hall–Kier alpha value is -2.46. The number of aryl methyl sites for hydroxylation is 1. The van der Waals surface area contributed by atoms with Crippen molar-refractivity contribution >= 4 is 15.7 Å². The summed E-state index contributed by atoms with van der Waals surface area (Å²) in [5.74, 6) is 0.828. The number of ether oxygens (including phenoxy) is 1. The van der Waals surface area contributed by atoms with Crippen molar-refractivity contribution in [2.45, 2.75) is 44.1 Å². The Bertz CT molecular complexity index is 1140. The van der Waals surface area contributed by atoms with Crippen LogP contribution in [0.5, 0.6) is 5.88 Å². The number of hydrogen-bond donors (Lipinski definition) is 0. The van der Waals surface area contributed by atoms with Gasteiger partial charge >= 0.3 is 0 Å². The quantitative estimate of drug-likeness (QED) is 0.614. The Morgan fingerprint density at radius 1 is 1.17 bits per heavy atom. The third kappa shape index (κ3) is 4.20. The predicted molar refractivity (Wildman–Crippen MR) is 112 cm³/mol. The SMILES string of the molecule is Cn1cnc(S(=O)(=O)N2CCC(COc3ccc4nc(C(C)(C)C)cn4n3)CC2)c1. The van der Waals surface area contributed by atoms with Crippen molar-refractivity contribution in [2.24, 2.45) is 13.0 Å². The molecule has 1 fully saturated rings. The Labute approximate surface area is 176 Å². The lowest BCUT2D eigenvalue weighted by Gasteiger charge is -2.30. The van der Waals surface area contributed by atoms with E-state index in [4.69, 9.17) is 4.74 Å². The minimum atomic E-state index is -3.53. The number of hydrogen-bond acceptors (Lipinski definition) is 6. The van der Waals surface area contributed by atoms with Crippen molar-refractivity contribution in [1.29, 1.82) is 0 Å². The molecule has 0 saturated carbocycles. The van der Waals surface area contributed by atoms with Gasteiger partial charge in [0.1, 0.15) is 0 Å². The molecule has 1 saturated heterocycles. The van der Waals surface area contributed by atoms with Gasteiger partial charge in [0.15, 0.2) is 10.7 Å². The van der Waals surface area contributed by atoms with Gasteiger partial charge in [0.2, 0.25) is 5.88 Å². The molecule has 1 aliphatic heterocycles. The van der Waals surface area contributed by atoms with E-state index >= 15 is 0 Å². The molecule has 0 unspecified atom stereocenters. The minimum absolute atomic E-state index is 0.0434. The molecule has 0 N–H and O–H groups in total. The summed E-state index contributed by atoms with van der Waals surface area (Å²) in [6, 6.07) is 3.73. The van der Waals surface area contributed by atoms with Crippen LogP contribution < -0.4 is 4.74 Å². The third-order valence-corrected chi connectivity index (χ3v) is 7.17. The van der Waals surface area contributed by atoms with E-state index in [0.717, 1.165) is 24.2 Å². The molecule has 4 rings (SSSR count). The lowest BCUT2D eigenvalue weighted by Crippen LogP contribution is -2.39. The second-order valence-electron chi connectivity index (χ2n) is 8.89. The van der Waals surface area contributed by atoms with E-state index in [9.17, 15) is 8.42 Å². The van der Waals surface area contributed by atoms with Crippen molar-refractivity contribution < 1.29 is 13.2 Å². The van der Waals surface area contributed by atoms with Gasteiger partial charge in [-0.2, -0.15) is 4.31 Å². The van der Waals surface area contributed by atoms with Gasteiger partial charge in [0, 0.05) is 37.8 Å². The molecule has 1 aliphatic rings. The summed E-state index contributed by atoms with van der Waals surface area (Å²) < 4.78 is 36.2. The average Bonchev–Trinajstić information content (AvgIpc) is 3.32. The molecular formula is C20H28N6O3S. The summed E-state index contributed by atoms with van der Waals surface area (Å²) in [5, 5.41) is 4.61.